The monoisotopic (exact) mass is 245 g/mol. The van der Waals surface area contributed by atoms with Crippen LogP contribution >= 0.6 is 0 Å². The van der Waals surface area contributed by atoms with Crippen LogP contribution in [0.3, 0.4) is 0 Å². The summed E-state index contributed by atoms with van der Waals surface area (Å²) in [6.45, 7) is 2.05. The zero-order chi connectivity index (χ0) is 13.1. The van der Waals surface area contributed by atoms with E-state index in [0.717, 1.165) is 18.1 Å². The Labute approximate surface area is 105 Å². The first-order valence-electron chi connectivity index (χ1n) is 5.88. The lowest BCUT2D eigenvalue weighted by atomic mass is 10.2. The van der Waals surface area contributed by atoms with Crippen molar-refractivity contribution >= 4 is 23.6 Å². The number of benzene rings is 1. The Balaban J connectivity index is 2.03. The molecule has 94 valence electrons. The molecule has 1 amide bonds. The van der Waals surface area contributed by atoms with E-state index >= 15 is 0 Å². The van der Waals surface area contributed by atoms with Crippen molar-refractivity contribution in [3.05, 3.63) is 35.9 Å². The Morgan fingerprint density at radius 3 is 2.78 bits per heavy atom. The molecule has 0 aliphatic heterocycles. The molecular weight excluding hydrogens is 230 g/mol. The fraction of sp³-hybridized carbons (Fsp3) is 0.286. The third-order valence-electron chi connectivity index (χ3n) is 3.02. The second-order valence-corrected chi connectivity index (χ2v) is 4.61. The lowest BCUT2D eigenvalue weighted by Crippen LogP contribution is -2.14. The summed E-state index contributed by atoms with van der Waals surface area (Å²) < 4.78 is 0. The van der Waals surface area contributed by atoms with Crippen LogP contribution in [0.25, 0.3) is 6.08 Å². The molecule has 1 saturated carbocycles. The first-order valence-corrected chi connectivity index (χ1v) is 5.88. The highest BCUT2D eigenvalue weighted by molar-refractivity contribution is 5.94. The summed E-state index contributed by atoms with van der Waals surface area (Å²) in [6, 6.07) is 7.12. The lowest BCUT2D eigenvalue weighted by Gasteiger charge is -2.05. The highest BCUT2D eigenvalue weighted by Gasteiger charge is 2.38. The Morgan fingerprint density at radius 1 is 1.44 bits per heavy atom. The van der Waals surface area contributed by atoms with Crippen molar-refractivity contribution < 1.29 is 14.7 Å². The molecule has 1 aliphatic rings. The molecule has 0 saturated heterocycles. The number of anilines is 1. The number of carboxylic acids is 1. The summed E-state index contributed by atoms with van der Waals surface area (Å²) in [5, 5.41) is 11.4. The number of aliphatic carboxylic acids is 1. The molecule has 0 heterocycles. The maximum atomic E-state index is 11.7. The largest absolute Gasteiger partial charge is 0.478 e. The number of nitrogens with one attached hydrogen (secondary N) is 1. The van der Waals surface area contributed by atoms with Crippen molar-refractivity contribution in [2.45, 2.75) is 13.3 Å². The van der Waals surface area contributed by atoms with E-state index in [0.29, 0.717) is 11.6 Å². The molecule has 4 heteroatoms. The molecule has 2 rings (SSSR count). The minimum Gasteiger partial charge on any atom is -0.478 e. The van der Waals surface area contributed by atoms with E-state index in [1.807, 2.05) is 0 Å². The van der Waals surface area contributed by atoms with Crippen LogP contribution in [-0.4, -0.2) is 17.0 Å². The third kappa shape index (κ3) is 3.20. The molecule has 4 nitrogen and oxygen atoms in total. The van der Waals surface area contributed by atoms with Gasteiger partial charge in [0.25, 0.3) is 0 Å². The second kappa shape index (κ2) is 5.04. The normalized spacial score (nSPS) is 21.8. The van der Waals surface area contributed by atoms with Gasteiger partial charge < -0.3 is 10.4 Å². The summed E-state index contributed by atoms with van der Waals surface area (Å²) >= 11 is 0. The van der Waals surface area contributed by atoms with Gasteiger partial charge in [-0.25, -0.2) is 4.79 Å². The van der Waals surface area contributed by atoms with Gasteiger partial charge in [-0.2, -0.15) is 0 Å². The molecule has 1 aliphatic carbocycles. The highest BCUT2D eigenvalue weighted by Crippen LogP contribution is 2.38. The van der Waals surface area contributed by atoms with E-state index < -0.39 is 5.97 Å². The summed E-state index contributed by atoms with van der Waals surface area (Å²) in [6.07, 6.45) is 3.52. The van der Waals surface area contributed by atoms with Gasteiger partial charge in [0.2, 0.25) is 5.91 Å². The van der Waals surface area contributed by atoms with E-state index in [1.165, 1.54) is 6.08 Å². The Hall–Kier alpha value is -2.10. The van der Waals surface area contributed by atoms with Crippen LogP contribution in [0.4, 0.5) is 5.69 Å². The molecule has 0 bridgehead atoms. The van der Waals surface area contributed by atoms with Gasteiger partial charge in [-0.1, -0.05) is 19.1 Å². The molecule has 0 radical (unpaired) electrons. The molecule has 2 N–H and O–H groups in total. The van der Waals surface area contributed by atoms with Gasteiger partial charge in [-0.15, -0.1) is 0 Å². The van der Waals surface area contributed by atoms with Crippen LogP contribution in [0.15, 0.2) is 30.3 Å². The average molecular weight is 245 g/mol. The predicted molar refractivity (Wildman–Crippen MR) is 69.0 cm³/mol. The van der Waals surface area contributed by atoms with Crippen LogP contribution in [0.2, 0.25) is 0 Å². The van der Waals surface area contributed by atoms with E-state index in [2.05, 4.69) is 12.2 Å². The number of hydrogen-bond donors (Lipinski definition) is 2. The molecule has 0 aromatic heterocycles. The Kier molecular flexibility index (Phi) is 3.46. The number of rotatable bonds is 4. The van der Waals surface area contributed by atoms with Gasteiger partial charge in [0.05, 0.1) is 0 Å². The van der Waals surface area contributed by atoms with E-state index in [4.69, 9.17) is 5.11 Å². The zero-order valence-corrected chi connectivity index (χ0v) is 10.1. The van der Waals surface area contributed by atoms with Crippen molar-refractivity contribution in [3.8, 4) is 0 Å². The van der Waals surface area contributed by atoms with Crippen molar-refractivity contribution in [3.63, 3.8) is 0 Å². The number of carbonyl (C=O) groups excluding carboxylic acids is 1. The van der Waals surface area contributed by atoms with Crippen LogP contribution < -0.4 is 5.32 Å². The first-order chi connectivity index (χ1) is 8.56. The topological polar surface area (TPSA) is 66.4 Å². The number of hydrogen-bond acceptors (Lipinski definition) is 2. The minimum absolute atomic E-state index is 0.0434. The highest BCUT2D eigenvalue weighted by atomic mass is 16.4. The van der Waals surface area contributed by atoms with Gasteiger partial charge >= 0.3 is 5.97 Å². The van der Waals surface area contributed by atoms with E-state index in [-0.39, 0.29) is 11.8 Å². The van der Waals surface area contributed by atoms with Gasteiger partial charge in [-0.3, -0.25) is 4.79 Å². The number of carbonyl (C=O) groups is 2. The molecule has 1 fully saturated rings. The minimum atomic E-state index is -0.990. The van der Waals surface area contributed by atoms with Gasteiger partial charge in [0.15, 0.2) is 0 Å². The van der Waals surface area contributed by atoms with Crippen molar-refractivity contribution in [2.24, 2.45) is 11.8 Å². The van der Waals surface area contributed by atoms with Crippen LogP contribution in [0.1, 0.15) is 18.9 Å². The van der Waals surface area contributed by atoms with Gasteiger partial charge in [0, 0.05) is 17.7 Å². The van der Waals surface area contributed by atoms with E-state index in [9.17, 15) is 9.59 Å². The summed E-state index contributed by atoms with van der Waals surface area (Å²) in [7, 11) is 0. The molecule has 18 heavy (non-hydrogen) atoms. The summed E-state index contributed by atoms with van der Waals surface area (Å²) in [4.78, 5) is 22.2. The predicted octanol–water partition coefficient (Wildman–Crippen LogP) is 2.38. The second-order valence-electron chi connectivity index (χ2n) is 4.61. The van der Waals surface area contributed by atoms with Gasteiger partial charge in [-0.05, 0) is 36.1 Å². The van der Waals surface area contributed by atoms with E-state index in [1.54, 1.807) is 24.3 Å². The zero-order valence-electron chi connectivity index (χ0n) is 10.1. The molecule has 0 spiro atoms. The summed E-state index contributed by atoms with van der Waals surface area (Å²) in [5.41, 5.74) is 1.45. The van der Waals surface area contributed by atoms with Crippen molar-refractivity contribution in [2.75, 3.05) is 5.32 Å². The van der Waals surface area contributed by atoms with Crippen LogP contribution in [0.5, 0.6) is 0 Å². The standard InChI is InChI=1S/C14H15NO3/c1-9-7-12(9)14(18)15-11-4-2-3-10(8-11)5-6-13(16)17/h2-6,8-9,12H,7H2,1H3,(H,15,18)(H,16,17)/b6-5+. The smallest absolute Gasteiger partial charge is 0.328 e. The Morgan fingerprint density at radius 2 is 2.17 bits per heavy atom. The molecule has 1 aromatic carbocycles. The fourth-order valence-electron chi connectivity index (χ4n) is 1.81. The van der Waals surface area contributed by atoms with Crippen LogP contribution in [-0.2, 0) is 9.59 Å². The number of carboxylic acid groups (broad SMARTS) is 1. The average Bonchev–Trinajstić information content (AvgIpc) is 3.04. The van der Waals surface area contributed by atoms with Gasteiger partial charge in [0.1, 0.15) is 0 Å². The molecule has 1 aromatic rings. The SMILES string of the molecule is CC1CC1C(=O)Nc1cccc(/C=C/C(=O)O)c1. The maximum Gasteiger partial charge on any atom is 0.328 e. The van der Waals surface area contributed by atoms with Crippen LogP contribution in [0, 0.1) is 11.8 Å². The quantitative estimate of drug-likeness (QED) is 0.800. The number of amides is 1. The maximum absolute atomic E-state index is 11.7. The van der Waals surface area contributed by atoms with Crippen molar-refractivity contribution in [1.29, 1.82) is 0 Å². The Bertz CT molecular complexity index is 508. The van der Waals surface area contributed by atoms with Crippen molar-refractivity contribution in [1.82, 2.24) is 0 Å². The fourth-order valence-corrected chi connectivity index (χ4v) is 1.81. The lowest BCUT2D eigenvalue weighted by molar-refractivity contribution is -0.131. The third-order valence-corrected chi connectivity index (χ3v) is 3.02. The molecule has 2 unspecified atom stereocenters. The molecule has 2 atom stereocenters. The first kappa shape index (κ1) is 12.4. The molecular formula is C14H15NO3. The summed E-state index contributed by atoms with van der Waals surface area (Å²) in [5.74, 6) is -0.346.